The molecule has 1 N–H and O–H groups in total. The van der Waals surface area contributed by atoms with Crippen LogP contribution in [0.4, 0.5) is 0 Å². The van der Waals surface area contributed by atoms with Crippen LogP contribution in [0, 0.1) is 6.92 Å². The fourth-order valence-corrected chi connectivity index (χ4v) is 2.97. The van der Waals surface area contributed by atoms with Gasteiger partial charge in [-0.25, -0.2) is 8.42 Å². The van der Waals surface area contributed by atoms with Crippen LogP contribution in [-0.4, -0.2) is 24.9 Å². The van der Waals surface area contributed by atoms with Gasteiger partial charge in [-0.1, -0.05) is 12.1 Å². The van der Waals surface area contributed by atoms with Gasteiger partial charge in [-0.3, -0.25) is 0 Å². The smallest absolute Gasteiger partial charge is 0.246 e. The number of aromatic hydroxyl groups is 1. The van der Waals surface area contributed by atoms with E-state index in [9.17, 15) is 13.5 Å². The van der Waals surface area contributed by atoms with E-state index in [0.29, 0.717) is 5.76 Å². The number of hydrogen-bond acceptors (Lipinski definition) is 4. The summed E-state index contributed by atoms with van der Waals surface area (Å²) in [6.45, 7) is 1.97. The molecule has 0 unspecified atom stereocenters. The lowest BCUT2D eigenvalue weighted by Gasteiger charge is -2.17. The summed E-state index contributed by atoms with van der Waals surface area (Å²) in [6.07, 6.45) is 1.52. The summed E-state index contributed by atoms with van der Waals surface area (Å²) in [5.41, 5.74) is 0.793. The fourth-order valence-electron chi connectivity index (χ4n) is 1.74. The zero-order valence-corrected chi connectivity index (χ0v) is 11.5. The Kier molecular flexibility index (Phi) is 3.64. The summed E-state index contributed by atoms with van der Waals surface area (Å²) in [7, 11) is -2.25. The zero-order valence-electron chi connectivity index (χ0n) is 10.7. The molecular formula is C13H15NO4S. The van der Waals surface area contributed by atoms with Crippen molar-refractivity contribution in [2.45, 2.75) is 18.4 Å². The van der Waals surface area contributed by atoms with E-state index in [4.69, 9.17) is 4.42 Å². The molecule has 0 saturated heterocycles. The van der Waals surface area contributed by atoms with Gasteiger partial charge in [-0.15, -0.1) is 0 Å². The van der Waals surface area contributed by atoms with Gasteiger partial charge in [-0.05, 0) is 25.1 Å². The third-order valence-corrected chi connectivity index (χ3v) is 4.76. The van der Waals surface area contributed by atoms with Crippen LogP contribution in [0.3, 0.4) is 0 Å². The molecule has 0 amide bonds. The third-order valence-electron chi connectivity index (χ3n) is 2.91. The van der Waals surface area contributed by atoms with Crippen LogP contribution in [-0.2, 0) is 16.6 Å². The van der Waals surface area contributed by atoms with E-state index >= 15 is 0 Å². The molecule has 19 heavy (non-hydrogen) atoms. The van der Waals surface area contributed by atoms with Crippen molar-refractivity contribution in [2.75, 3.05) is 7.05 Å². The van der Waals surface area contributed by atoms with E-state index in [1.54, 1.807) is 25.1 Å². The molecule has 5 nitrogen and oxygen atoms in total. The van der Waals surface area contributed by atoms with Crippen molar-refractivity contribution >= 4 is 10.0 Å². The normalized spacial score (nSPS) is 11.9. The monoisotopic (exact) mass is 281 g/mol. The molecule has 0 fully saturated rings. The lowest BCUT2D eigenvalue weighted by molar-refractivity contribution is 0.437. The van der Waals surface area contributed by atoms with Gasteiger partial charge < -0.3 is 9.52 Å². The highest BCUT2D eigenvalue weighted by atomic mass is 32.2. The van der Waals surface area contributed by atoms with Crippen molar-refractivity contribution in [3.05, 3.63) is 47.9 Å². The van der Waals surface area contributed by atoms with E-state index in [2.05, 4.69) is 0 Å². The maximum atomic E-state index is 12.3. The number of para-hydroxylation sites is 1. The van der Waals surface area contributed by atoms with E-state index in [0.717, 1.165) is 5.56 Å². The molecule has 0 saturated carbocycles. The van der Waals surface area contributed by atoms with Crippen LogP contribution >= 0.6 is 0 Å². The van der Waals surface area contributed by atoms with E-state index in [1.165, 1.54) is 29.7 Å². The third kappa shape index (κ3) is 2.64. The predicted octanol–water partition coefficient (Wildman–Crippen LogP) is 2.11. The Balaban J connectivity index is 2.30. The number of phenolic OH excluding ortho intramolecular Hbond substituents is 1. The molecule has 102 valence electrons. The number of furan rings is 1. The largest absolute Gasteiger partial charge is 0.507 e. The summed E-state index contributed by atoms with van der Waals surface area (Å²) in [4.78, 5) is -0.0985. The number of rotatable bonds is 4. The second-order valence-corrected chi connectivity index (χ2v) is 6.24. The second-order valence-electron chi connectivity index (χ2n) is 4.23. The van der Waals surface area contributed by atoms with Gasteiger partial charge in [0, 0.05) is 19.2 Å². The number of phenols is 1. The average Bonchev–Trinajstić information content (AvgIpc) is 2.75. The summed E-state index contributed by atoms with van der Waals surface area (Å²) in [6, 6.07) is 7.61. The van der Waals surface area contributed by atoms with Crippen LogP contribution in [0.5, 0.6) is 5.75 Å². The molecule has 0 spiro atoms. The predicted molar refractivity (Wildman–Crippen MR) is 70.2 cm³/mol. The van der Waals surface area contributed by atoms with Crippen LogP contribution in [0.1, 0.15) is 11.3 Å². The highest BCUT2D eigenvalue weighted by molar-refractivity contribution is 7.89. The Labute approximate surface area is 112 Å². The number of benzene rings is 1. The highest BCUT2D eigenvalue weighted by Gasteiger charge is 2.24. The molecule has 2 rings (SSSR count). The Morgan fingerprint density at radius 3 is 2.53 bits per heavy atom. The van der Waals surface area contributed by atoms with Crippen LogP contribution in [0.15, 0.2) is 45.9 Å². The van der Waals surface area contributed by atoms with E-state index in [-0.39, 0.29) is 17.2 Å². The Bertz CT molecular complexity index is 675. The number of sulfonamides is 1. The lowest BCUT2D eigenvalue weighted by atomic mass is 10.3. The molecule has 0 atom stereocenters. The molecule has 6 heteroatoms. The van der Waals surface area contributed by atoms with Crippen molar-refractivity contribution in [1.29, 1.82) is 0 Å². The Hall–Kier alpha value is -1.79. The number of nitrogens with zero attached hydrogens (tertiary/aromatic N) is 1. The van der Waals surface area contributed by atoms with Gasteiger partial charge in [0.2, 0.25) is 10.0 Å². The van der Waals surface area contributed by atoms with E-state index < -0.39 is 10.0 Å². The van der Waals surface area contributed by atoms with Gasteiger partial charge in [0.1, 0.15) is 16.4 Å². The molecule has 0 radical (unpaired) electrons. The summed E-state index contributed by atoms with van der Waals surface area (Å²) in [5.74, 6) is 0.428. The first kappa shape index (κ1) is 13.6. The first-order valence-corrected chi connectivity index (χ1v) is 7.14. The van der Waals surface area contributed by atoms with Gasteiger partial charge in [0.15, 0.2) is 0 Å². The summed E-state index contributed by atoms with van der Waals surface area (Å²) in [5, 5.41) is 9.65. The van der Waals surface area contributed by atoms with Crippen molar-refractivity contribution in [2.24, 2.45) is 0 Å². The first-order chi connectivity index (χ1) is 8.93. The lowest BCUT2D eigenvalue weighted by Crippen LogP contribution is -2.26. The molecular weight excluding hydrogens is 266 g/mol. The van der Waals surface area contributed by atoms with Gasteiger partial charge in [0.05, 0.1) is 6.26 Å². The standard InChI is InChI=1S/C13H15NO4S/c1-10-11(7-8-18-10)9-14(2)19(16,17)13-6-4-3-5-12(13)15/h3-8,15H,9H2,1-2H3. The number of hydrogen-bond donors (Lipinski definition) is 1. The van der Waals surface area contributed by atoms with Crippen molar-refractivity contribution in [3.8, 4) is 5.75 Å². The second kappa shape index (κ2) is 5.07. The van der Waals surface area contributed by atoms with Crippen LogP contribution in [0.2, 0.25) is 0 Å². The van der Waals surface area contributed by atoms with Gasteiger partial charge in [0.25, 0.3) is 0 Å². The summed E-state index contributed by atoms with van der Waals surface area (Å²) < 4.78 is 31.0. The SMILES string of the molecule is Cc1occc1CN(C)S(=O)(=O)c1ccccc1O. The maximum absolute atomic E-state index is 12.3. The molecule has 0 aliphatic heterocycles. The minimum atomic E-state index is -3.72. The molecule has 1 heterocycles. The molecule has 0 aliphatic rings. The molecule has 2 aromatic rings. The van der Waals surface area contributed by atoms with E-state index in [1.807, 2.05) is 0 Å². The van der Waals surface area contributed by atoms with Crippen LogP contribution in [0.25, 0.3) is 0 Å². The van der Waals surface area contributed by atoms with Crippen molar-refractivity contribution in [1.82, 2.24) is 4.31 Å². The fraction of sp³-hybridized carbons (Fsp3) is 0.231. The minimum absolute atomic E-state index is 0.0985. The molecule has 0 aliphatic carbocycles. The zero-order chi connectivity index (χ0) is 14.0. The molecule has 1 aromatic heterocycles. The average molecular weight is 281 g/mol. The quantitative estimate of drug-likeness (QED) is 0.931. The maximum Gasteiger partial charge on any atom is 0.246 e. The topological polar surface area (TPSA) is 70.8 Å². The minimum Gasteiger partial charge on any atom is -0.507 e. The Morgan fingerprint density at radius 2 is 1.95 bits per heavy atom. The Morgan fingerprint density at radius 1 is 1.26 bits per heavy atom. The molecule has 0 bridgehead atoms. The van der Waals surface area contributed by atoms with Crippen LogP contribution < -0.4 is 0 Å². The van der Waals surface area contributed by atoms with Crippen molar-refractivity contribution in [3.63, 3.8) is 0 Å². The molecule has 1 aromatic carbocycles. The summed E-state index contributed by atoms with van der Waals surface area (Å²) >= 11 is 0. The van der Waals surface area contributed by atoms with Gasteiger partial charge >= 0.3 is 0 Å². The highest BCUT2D eigenvalue weighted by Crippen LogP contribution is 2.25. The number of aryl methyl sites for hydroxylation is 1. The van der Waals surface area contributed by atoms with Gasteiger partial charge in [-0.2, -0.15) is 4.31 Å². The first-order valence-electron chi connectivity index (χ1n) is 5.70. The van der Waals surface area contributed by atoms with Crippen molar-refractivity contribution < 1.29 is 17.9 Å².